The van der Waals surface area contributed by atoms with Gasteiger partial charge in [-0.1, -0.05) is 32.0 Å². The van der Waals surface area contributed by atoms with Crippen LogP contribution < -0.4 is 4.74 Å². The Labute approximate surface area is 196 Å². The van der Waals surface area contributed by atoms with Crippen molar-refractivity contribution in [3.8, 4) is 28.0 Å². The fourth-order valence-electron chi connectivity index (χ4n) is 4.08. The third kappa shape index (κ3) is 4.96. The van der Waals surface area contributed by atoms with Crippen molar-refractivity contribution >= 4 is 11.0 Å². The lowest BCUT2D eigenvalue weighted by atomic mass is 9.95. The maximum atomic E-state index is 7.00. The Kier molecular flexibility index (Phi) is 7.92. The van der Waals surface area contributed by atoms with Gasteiger partial charge in [0.15, 0.2) is 0 Å². The molecule has 1 saturated carbocycles. The normalized spacial score (nSPS) is 12.6. The first kappa shape index (κ1) is 24.5. The van der Waals surface area contributed by atoms with Crippen LogP contribution in [0.1, 0.15) is 62.4 Å². The monoisotopic (exact) mass is 449 g/mol. The Balaban J connectivity index is 0.000000728. The molecule has 0 saturated heterocycles. The first-order valence-electron chi connectivity index (χ1n) is 11.7. The number of aryl methyl sites for hydroxylation is 3. The fraction of sp³-hybridized carbons (Fsp3) is 0.407. The van der Waals surface area contributed by atoms with Gasteiger partial charge in [0.25, 0.3) is 0 Å². The van der Waals surface area contributed by atoms with Crippen molar-refractivity contribution in [2.45, 2.75) is 59.8 Å². The van der Waals surface area contributed by atoms with E-state index in [2.05, 4.69) is 47.4 Å². The van der Waals surface area contributed by atoms with Crippen molar-refractivity contribution in [3.05, 3.63) is 53.2 Å². The molecule has 0 spiro atoms. The van der Waals surface area contributed by atoms with E-state index < -0.39 is 0 Å². The Morgan fingerprint density at radius 2 is 1.79 bits per heavy atom. The Hall–Kier alpha value is -3.12. The number of nitrogens with zero attached hydrogens (tertiary/aromatic N) is 2. The molecule has 5 rings (SSSR count). The van der Waals surface area contributed by atoms with E-state index in [1.165, 1.54) is 18.4 Å². The van der Waals surface area contributed by atoms with Crippen molar-refractivity contribution in [1.29, 1.82) is 0 Å². The molecule has 33 heavy (non-hydrogen) atoms. The van der Waals surface area contributed by atoms with Crippen LogP contribution in [0.25, 0.3) is 33.3 Å². The van der Waals surface area contributed by atoms with Gasteiger partial charge in [-0.3, -0.25) is 0 Å². The lowest BCUT2D eigenvalue weighted by Crippen LogP contribution is -1.91. The van der Waals surface area contributed by atoms with Crippen LogP contribution in [0.2, 0.25) is 0 Å². The summed E-state index contributed by atoms with van der Waals surface area (Å²) >= 11 is 0. The van der Waals surface area contributed by atoms with Crippen LogP contribution in [0.15, 0.2) is 34.9 Å². The molecule has 0 bridgehead atoms. The summed E-state index contributed by atoms with van der Waals surface area (Å²) in [6, 6.07) is 10.8. The van der Waals surface area contributed by atoms with Gasteiger partial charge in [-0.25, -0.2) is 4.98 Å². The number of H-pyrrole nitrogens is 1. The average Bonchev–Trinajstić information content (AvgIpc) is 3.54. The standard InChI is InChI=1S/C24H25N3O2.C2H6.CH4O/c1-5-15-8-17(10-19(9-15)28-4)20-11-18(22-13(2)27-29-14(22)3)12-21-23(20)26-24(25-21)16-6-7-16;2*1-2/h8-12,16H,5-7H2,1-4H3,(H,25,26);1-2H3;2H,1H3. The van der Waals surface area contributed by atoms with Gasteiger partial charge < -0.3 is 19.4 Å². The number of nitrogens with one attached hydrogen (secondary N) is 1. The molecule has 4 aromatic rings. The number of aromatic amines is 1. The van der Waals surface area contributed by atoms with Gasteiger partial charge in [0, 0.05) is 24.2 Å². The highest BCUT2D eigenvalue weighted by molar-refractivity contribution is 5.97. The van der Waals surface area contributed by atoms with Crippen LogP contribution in [0.3, 0.4) is 0 Å². The van der Waals surface area contributed by atoms with E-state index in [1.807, 2.05) is 27.7 Å². The van der Waals surface area contributed by atoms with Gasteiger partial charge in [-0.2, -0.15) is 0 Å². The first-order valence-corrected chi connectivity index (χ1v) is 11.7. The third-order valence-corrected chi connectivity index (χ3v) is 5.81. The van der Waals surface area contributed by atoms with Crippen LogP contribution in [-0.2, 0) is 6.42 Å². The molecule has 2 aromatic heterocycles. The quantitative estimate of drug-likeness (QED) is 0.359. The van der Waals surface area contributed by atoms with Gasteiger partial charge in [0.2, 0.25) is 0 Å². The highest BCUT2D eigenvalue weighted by Gasteiger charge is 2.28. The zero-order valence-electron chi connectivity index (χ0n) is 20.7. The molecule has 1 fully saturated rings. The van der Waals surface area contributed by atoms with Crippen LogP contribution in [0, 0.1) is 13.8 Å². The second-order valence-electron chi connectivity index (χ2n) is 7.94. The molecule has 6 nitrogen and oxygen atoms in total. The summed E-state index contributed by atoms with van der Waals surface area (Å²) in [5, 5.41) is 11.2. The number of rotatable bonds is 5. The molecule has 0 amide bonds. The summed E-state index contributed by atoms with van der Waals surface area (Å²) in [7, 11) is 2.72. The number of benzene rings is 2. The van der Waals surface area contributed by atoms with Crippen molar-refractivity contribution in [2.75, 3.05) is 14.2 Å². The minimum atomic E-state index is 0.564. The molecular formula is C27H35N3O3. The molecule has 1 aliphatic carbocycles. The van der Waals surface area contributed by atoms with Crippen molar-refractivity contribution < 1.29 is 14.4 Å². The predicted molar refractivity (Wildman–Crippen MR) is 134 cm³/mol. The average molecular weight is 450 g/mol. The molecule has 2 N–H and O–H groups in total. The van der Waals surface area contributed by atoms with E-state index in [0.717, 1.165) is 69.8 Å². The minimum Gasteiger partial charge on any atom is -0.497 e. The van der Waals surface area contributed by atoms with Crippen molar-refractivity contribution in [1.82, 2.24) is 15.1 Å². The van der Waals surface area contributed by atoms with Gasteiger partial charge in [0.1, 0.15) is 17.3 Å². The molecule has 0 unspecified atom stereocenters. The van der Waals surface area contributed by atoms with Crippen LogP contribution in [0.4, 0.5) is 0 Å². The number of hydrogen-bond donors (Lipinski definition) is 2. The van der Waals surface area contributed by atoms with Gasteiger partial charge in [-0.15, -0.1) is 0 Å². The molecule has 2 aromatic carbocycles. The second kappa shape index (κ2) is 10.7. The van der Waals surface area contributed by atoms with Gasteiger partial charge in [-0.05, 0) is 74.1 Å². The molecule has 176 valence electrons. The Bertz CT molecular complexity index is 1180. The number of ether oxygens (including phenoxy) is 1. The summed E-state index contributed by atoms with van der Waals surface area (Å²) in [5.74, 6) is 3.35. The van der Waals surface area contributed by atoms with E-state index in [4.69, 9.17) is 19.4 Å². The minimum absolute atomic E-state index is 0.564. The van der Waals surface area contributed by atoms with E-state index in [1.54, 1.807) is 7.11 Å². The molecule has 6 heteroatoms. The highest BCUT2D eigenvalue weighted by Crippen LogP contribution is 2.42. The Morgan fingerprint density at radius 1 is 1.06 bits per heavy atom. The van der Waals surface area contributed by atoms with E-state index in [0.29, 0.717) is 5.92 Å². The van der Waals surface area contributed by atoms with Crippen LogP contribution in [-0.4, -0.2) is 34.5 Å². The highest BCUT2D eigenvalue weighted by atomic mass is 16.5. The third-order valence-electron chi connectivity index (χ3n) is 5.81. The first-order chi connectivity index (χ1) is 16.1. The summed E-state index contributed by atoms with van der Waals surface area (Å²) in [4.78, 5) is 8.57. The molecule has 0 aliphatic heterocycles. The van der Waals surface area contributed by atoms with Gasteiger partial charge in [0.05, 0.1) is 23.8 Å². The van der Waals surface area contributed by atoms with E-state index in [-0.39, 0.29) is 0 Å². The summed E-state index contributed by atoms with van der Waals surface area (Å²) < 4.78 is 11.0. The number of aliphatic hydroxyl groups excluding tert-OH is 1. The number of methoxy groups -OCH3 is 1. The van der Waals surface area contributed by atoms with Gasteiger partial charge >= 0.3 is 0 Å². The number of hydrogen-bond acceptors (Lipinski definition) is 5. The zero-order valence-corrected chi connectivity index (χ0v) is 20.7. The Morgan fingerprint density at radius 3 is 2.36 bits per heavy atom. The molecule has 0 radical (unpaired) electrons. The van der Waals surface area contributed by atoms with E-state index in [9.17, 15) is 0 Å². The van der Waals surface area contributed by atoms with Crippen molar-refractivity contribution in [2.24, 2.45) is 0 Å². The van der Waals surface area contributed by atoms with E-state index >= 15 is 0 Å². The van der Waals surface area contributed by atoms with Crippen molar-refractivity contribution in [3.63, 3.8) is 0 Å². The fourth-order valence-corrected chi connectivity index (χ4v) is 4.08. The SMILES string of the molecule is CC.CCc1cc(OC)cc(-c2cc(-c3c(C)noc3C)cc3[nH]c(C4CC4)nc23)c1.CO. The smallest absolute Gasteiger partial charge is 0.141 e. The topological polar surface area (TPSA) is 84.2 Å². The second-order valence-corrected chi connectivity index (χ2v) is 7.94. The van der Waals surface area contributed by atoms with Crippen LogP contribution in [0.5, 0.6) is 5.75 Å². The lowest BCUT2D eigenvalue weighted by Gasteiger charge is -2.11. The molecule has 2 heterocycles. The maximum Gasteiger partial charge on any atom is 0.141 e. The summed E-state index contributed by atoms with van der Waals surface area (Å²) in [6.07, 6.45) is 3.38. The number of imidazole rings is 1. The maximum absolute atomic E-state index is 7.00. The number of aliphatic hydroxyl groups is 1. The number of aromatic nitrogens is 3. The molecule has 0 atom stereocenters. The predicted octanol–water partition coefficient (Wildman–Crippen LogP) is 6.58. The molecular weight excluding hydrogens is 414 g/mol. The largest absolute Gasteiger partial charge is 0.497 e. The summed E-state index contributed by atoms with van der Waals surface area (Å²) in [5.41, 5.74) is 8.58. The summed E-state index contributed by atoms with van der Waals surface area (Å²) in [6.45, 7) is 10.1. The number of fused-ring (bicyclic) bond motifs is 1. The lowest BCUT2D eigenvalue weighted by molar-refractivity contribution is 0.393. The van der Waals surface area contributed by atoms with Crippen LogP contribution >= 0.6 is 0 Å². The molecule has 1 aliphatic rings. The zero-order chi connectivity index (χ0) is 24.1.